The fourth-order valence-electron chi connectivity index (χ4n) is 18.4. The summed E-state index contributed by atoms with van der Waals surface area (Å²) in [6.07, 6.45) is -58.0. The normalized spacial score (nSPS) is 36.2. The minimum atomic E-state index is -2.59. The molecule has 6 fully saturated rings. The maximum Gasteiger partial charge on any atom is 0.335 e. The van der Waals surface area contributed by atoms with Crippen LogP contribution in [0.3, 0.4) is 0 Å². The lowest BCUT2D eigenvalue weighted by Gasteiger charge is -2.48. The Balaban J connectivity index is 0.942. The van der Waals surface area contributed by atoms with E-state index >= 15 is 0 Å². The van der Waals surface area contributed by atoms with Gasteiger partial charge >= 0.3 is 5.97 Å². The maximum absolute atomic E-state index is 14.9. The van der Waals surface area contributed by atoms with Crippen LogP contribution in [0.1, 0.15) is 107 Å². The van der Waals surface area contributed by atoms with Crippen molar-refractivity contribution in [1.29, 1.82) is 0 Å². The van der Waals surface area contributed by atoms with Crippen LogP contribution in [0, 0.1) is 6.92 Å². The molecule has 7 aromatic rings. The molecule has 794 valence electrons. The summed E-state index contributed by atoms with van der Waals surface area (Å²) in [7, 11) is 0.881. The molecule has 7 aromatic carbocycles. The van der Waals surface area contributed by atoms with Gasteiger partial charge in [-0.3, -0.25) is 0 Å². The summed E-state index contributed by atoms with van der Waals surface area (Å²) in [6.45, 7) is 0.203. The van der Waals surface area contributed by atoms with Crippen LogP contribution in [0.25, 0.3) is 11.1 Å². The zero-order valence-corrected chi connectivity index (χ0v) is 77.8. The van der Waals surface area contributed by atoms with E-state index in [4.69, 9.17) is 97.2 Å². The number of methoxy groups -OCH3 is 1. The number of phenols is 4. The minimum absolute atomic E-state index is 0.0142. The molecule has 0 aliphatic carbocycles. The Hall–Kier alpha value is -12.1. The molecule has 52 heteroatoms. The van der Waals surface area contributed by atoms with Gasteiger partial charge in [0.25, 0.3) is 0 Å². The molecule has 0 unspecified atom stereocenters. The van der Waals surface area contributed by atoms with Gasteiger partial charge in [-0.15, -0.1) is 0 Å². The number of ether oxygens (including phenoxy) is 16. The summed E-state index contributed by atoms with van der Waals surface area (Å²) in [6, 6.07) is 4.88. The van der Waals surface area contributed by atoms with Crippen molar-refractivity contribution in [3.05, 3.63) is 166 Å². The topological polar surface area (TPSA) is 837 Å². The highest BCUT2D eigenvalue weighted by Gasteiger charge is 2.57. The maximum atomic E-state index is 14.9. The average Bonchev–Trinajstić information content (AvgIpc) is 0.742. The molecule has 52 nitrogen and oxygen atoms in total. The molecule has 19 rings (SSSR count). The van der Waals surface area contributed by atoms with Crippen molar-refractivity contribution < 1.29 is 218 Å². The molecule has 0 amide bonds. The first-order valence-corrected chi connectivity index (χ1v) is 46.2. The summed E-state index contributed by atoms with van der Waals surface area (Å²) in [5.74, 6) is -16.6. The first-order valence-electron chi connectivity index (χ1n) is 46.2. The Morgan fingerprint density at radius 2 is 0.959 bits per heavy atom. The quantitative estimate of drug-likeness (QED) is 0.0492. The molecule has 6 saturated heterocycles. The Labute approximate surface area is 831 Å². The van der Waals surface area contributed by atoms with E-state index in [2.05, 4.69) is 20.0 Å². The van der Waals surface area contributed by atoms with E-state index in [0.29, 0.717) is 0 Å². The molecule has 0 saturated carbocycles. The van der Waals surface area contributed by atoms with Crippen LogP contribution >= 0.6 is 0 Å². The summed E-state index contributed by atoms with van der Waals surface area (Å²) in [5.41, 5.74) is 9.56. The molecule has 12 aliphatic rings. The van der Waals surface area contributed by atoms with E-state index in [1.54, 1.807) is 0 Å². The number of carbonyl (C=O) groups excluding carboxylic acids is 1. The number of phenolic OH excluding ortho intramolecular Hbond substituents is 4. The number of esters is 1. The summed E-state index contributed by atoms with van der Waals surface area (Å²) in [5, 5.41) is 321. The lowest BCUT2D eigenvalue weighted by molar-refractivity contribution is -0.375. The van der Waals surface area contributed by atoms with Crippen molar-refractivity contribution >= 4 is 41.4 Å². The number of nitrogens with zero attached hydrogens (tertiary/aromatic N) is 6. The third-order valence-corrected chi connectivity index (χ3v) is 26.8. The Kier molecular flexibility index (Phi) is 31.5. The van der Waals surface area contributed by atoms with E-state index < -0.39 is 374 Å². The molecular weight excluding hydrogens is 1960 g/mol. The summed E-state index contributed by atoms with van der Waals surface area (Å²) < 4.78 is 99.9. The molecule has 12 aliphatic heterocycles. The van der Waals surface area contributed by atoms with E-state index in [1.807, 2.05) is 0 Å². The third kappa shape index (κ3) is 21.4. The van der Waals surface area contributed by atoms with Crippen LogP contribution in [0.2, 0.25) is 0 Å². The van der Waals surface area contributed by atoms with E-state index in [-0.39, 0.29) is 51.7 Å². The van der Waals surface area contributed by atoms with Gasteiger partial charge in [0.1, 0.15) is 162 Å². The monoisotopic (exact) mass is 2070 g/mol. The van der Waals surface area contributed by atoms with Crippen molar-refractivity contribution in [2.24, 2.45) is 41.4 Å². The molecule has 12 heterocycles. The molecule has 147 heavy (non-hydrogen) atoms. The van der Waals surface area contributed by atoms with Crippen LogP contribution in [0.4, 0.5) is 0 Å². The van der Waals surface area contributed by atoms with Crippen LogP contribution < -0.4 is 35.2 Å². The highest BCUT2D eigenvalue weighted by atomic mass is 16.8. The van der Waals surface area contributed by atoms with Gasteiger partial charge in [0.2, 0.25) is 53.7 Å². The first-order chi connectivity index (χ1) is 70.0. The largest absolute Gasteiger partial charge is 0.508 e. The second kappa shape index (κ2) is 43.6. The number of carbonyl (C=O) groups is 1. The highest BCUT2D eigenvalue weighted by Crippen LogP contribution is 2.52. The third-order valence-electron chi connectivity index (χ3n) is 26.8. The van der Waals surface area contributed by atoms with Crippen LogP contribution in [-0.2, 0) is 56.9 Å². The molecule has 37 atom stereocenters. The number of hydrogen-bond donors (Lipinski definition) is 29. The molecule has 0 aromatic heterocycles. The smallest absolute Gasteiger partial charge is 0.335 e. The fourth-order valence-corrected chi connectivity index (χ4v) is 18.4. The van der Waals surface area contributed by atoms with Crippen molar-refractivity contribution in [2.45, 2.75) is 254 Å². The number of nitrogens with two attached hydrogens (primary N) is 2. The lowest BCUT2D eigenvalue weighted by atomic mass is 9.90. The molecule has 17 bridgehead atoms. The van der Waals surface area contributed by atoms with Crippen LogP contribution in [0.15, 0.2) is 151 Å². The Bertz CT molecular complexity index is 6110. The van der Waals surface area contributed by atoms with Gasteiger partial charge in [-0.2, -0.15) is 0 Å². The number of aromatic hydroxyl groups is 4. The predicted octanol–water partition coefficient (Wildman–Crippen LogP) is -1.46. The lowest BCUT2D eigenvalue weighted by Crippen LogP contribution is -2.67. The second-order valence-electron chi connectivity index (χ2n) is 36.6. The Morgan fingerprint density at radius 1 is 0.429 bits per heavy atom. The number of aliphatic imine (C=N–C) groups is 6. The van der Waals surface area contributed by atoms with Gasteiger partial charge in [-0.1, -0.05) is 36.4 Å². The summed E-state index contributed by atoms with van der Waals surface area (Å²) in [4.78, 5) is 42.4. The SMILES string of the molecule is COC(=O)[C@H]1N=C(O)[C@H]2N=C(O)[C@H](N=C(O)[C@H]3N=C(O)[C@@H]4N=C(O)[C@@H](N=C(O)[C@@H](N)c5ccc(O)c(c5)Oc5cc4cc(O)c5C)[C@H](O)c4ccc(cc4)Oc4cc3cc(c4O[C@@H]3O[C@H](CO[C@H]4O[C@H](C)[C@H](O)[C@@H](O)[C@H]4O)[C@H](O)[C@@H](O)[C@@H]3O[C@H]3O[C@@H](CO)[C@@H](O)[C@H](O)[C@@H]3O[C@H]3CO[C@@H](O)[C@H](O)[C@@H]3O)Oc3ccc(cc3)[C@H]2O[C@@H]2C[C@@H](N)[C@H](O)[C@@H](C)O2)c2ccc(O)c(c2)-c2c(O[C@H]3O[C@H](CO)[C@@H](O)[C@@H](O)[C@H]3O)cc(O)cc21. The fraction of sp³-hybridized carbons (Fsp3) is 0.484. The number of benzene rings is 7. The standard InChI is InChI=1S/C95H110N8O44/c1-30-47(109)18-37-20-48(30)139-49-19-35(9-16-46(49)108)59(97)84(124)102-64-68(112)33-5-11-40(12-6-33)137-51-21-38-22-52(81(51)146-95-83(76(120)71(115)56(144-95)29-134-92-78(122)73(117)67(111)32(3)136-92)147-94-82(75(119)70(114)54(27-105)143-94)140-55-28-133-91(131)77(121)72(55)116)138-41-13-7-34(8-14-41)80(145-57-25-44(96)66(110)31(2)135-57)65-89(129)101-63(90(130)132-4)43-23-39(106)24-50(141-93-79(123)74(118)69(113)53(26-104)142-93)58(43)42-17-36(10-15-45(42)107)60(85(125)103-65)98-87(127)62(38)99-86(126)61(37)100-88(64)128/h5-24,31-32,44,53-57,59-80,82-83,91-95,104-123,131H,25-29,96-97H2,1-4H3,(H,98,127)(H,99,126)(H,100,128)(H,101,129)(H,102,124)(H,103,125)/t31-,32-,44-,53-,54+,55+,56-,57-,59+,60-,61-,62+,63+,64+,65+,66-,67+,68-,69-,70-,71+,72-,73-,74-,75+,76-,77-,78-,79-,80-,82+,83+,91-,92+,93+,94-,95+/m1/s1. The minimum Gasteiger partial charge on any atom is -0.508 e. The molecular formula is C95H110N8O44. The molecule has 0 spiro atoms. The van der Waals surface area contributed by atoms with Crippen molar-refractivity contribution in [1.82, 2.24) is 0 Å². The number of aliphatic hydroxyl groups excluding tert-OH is 23. The van der Waals surface area contributed by atoms with E-state index in [9.17, 15) is 143 Å². The number of hydrogen-bond acceptors (Lipinski definition) is 46. The molecule has 0 radical (unpaired) electrons. The van der Waals surface area contributed by atoms with Gasteiger partial charge in [0.15, 0.2) is 90.5 Å². The second-order valence-corrected chi connectivity index (χ2v) is 36.6. The number of rotatable bonds is 16. The average molecular weight is 2070 g/mol. The van der Waals surface area contributed by atoms with Gasteiger partial charge in [-0.05, 0) is 133 Å². The number of aliphatic hydroxyl groups is 23. The van der Waals surface area contributed by atoms with E-state index in [0.717, 1.165) is 67.8 Å². The van der Waals surface area contributed by atoms with Crippen molar-refractivity contribution in [2.75, 3.05) is 33.5 Å². The number of fused-ring (bicyclic) bond motifs is 12. The van der Waals surface area contributed by atoms with Crippen LogP contribution in [-0.4, -0.2) is 397 Å². The molecule has 31 N–H and O–H groups in total. The summed E-state index contributed by atoms with van der Waals surface area (Å²) >= 11 is 0. The van der Waals surface area contributed by atoms with Gasteiger partial charge < -0.3 is 225 Å². The first kappa shape index (κ1) is 106. The zero-order valence-electron chi connectivity index (χ0n) is 77.8. The highest BCUT2D eigenvalue weighted by molar-refractivity contribution is 5.96. The van der Waals surface area contributed by atoms with Gasteiger partial charge in [0, 0.05) is 40.8 Å². The zero-order chi connectivity index (χ0) is 105. The van der Waals surface area contributed by atoms with E-state index in [1.165, 1.54) is 81.4 Å². The van der Waals surface area contributed by atoms with Crippen LogP contribution in [0.5, 0.6) is 69.0 Å². The van der Waals surface area contributed by atoms with Crippen molar-refractivity contribution in [3.8, 4) is 80.1 Å². The predicted molar refractivity (Wildman–Crippen MR) is 495 cm³/mol. The van der Waals surface area contributed by atoms with Crippen molar-refractivity contribution in [3.63, 3.8) is 0 Å². The Morgan fingerprint density at radius 3 is 1.61 bits per heavy atom. The van der Waals surface area contributed by atoms with Gasteiger partial charge in [0.05, 0.1) is 51.8 Å². The van der Waals surface area contributed by atoms with Gasteiger partial charge in [-0.25, -0.2) is 34.7 Å².